The molecule has 3 rings (SSSR count). The van der Waals surface area contributed by atoms with Gasteiger partial charge in [0.2, 0.25) is 5.91 Å². The lowest BCUT2D eigenvalue weighted by molar-refractivity contribution is -0.142. The van der Waals surface area contributed by atoms with E-state index in [0.717, 1.165) is 29.5 Å². The van der Waals surface area contributed by atoms with E-state index in [1.807, 2.05) is 92.7 Å². The minimum atomic E-state index is -0.650. The van der Waals surface area contributed by atoms with Gasteiger partial charge >= 0.3 is 0 Å². The van der Waals surface area contributed by atoms with Gasteiger partial charge in [0.25, 0.3) is 5.91 Å². The molecule has 2 amide bonds. The molecule has 0 aromatic heterocycles. The van der Waals surface area contributed by atoms with Crippen LogP contribution in [0.15, 0.2) is 78.9 Å². The standard InChI is InChI=1S/C30H36N2O3/c1-4-18-31-30(34)28(20-25-11-7-6-8-12-25)32(21-26-13-9-10-23(3)19-26)29(33)22-35-27-16-14-24(5-2)15-17-27/h6-17,19,28H,4-5,18,20-22H2,1-3H3,(H,31,34)/t28-/m1/s1. The summed E-state index contributed by atoms with van der Waals surface area (Å²) in [5.41, 5.74) is 4.30. The Morgan fingerprint density at radius 3 is 2.26 bits per heavy atom. The lowest BCUT2D eigenvalue weighted by atomic mass is 10.0. The molecule has 1 N–H and O–H groups in total. The van der Waals surface area contributed by atoms with Crippen molar-refractivity contribution in [3.05, 3.63) is 101 Å². The number of benzene rings is 3. The molecule has 35 heavy (non-hydrogen) atoms. The highest BCUT2D eigenvalue weighted by molar-refractivity contribution is 5.88. The Morgan fingerprint density at radius 1 is 0.886 bits per heavy atom. The van der Waals surface area contributed by atoms with Crippen molar-refractivity contribution in [3.8, 4) is 5.75 Å². The van der Waals surface area contributed by atoms with Gasteiger partial charge in [-0.2, -0.15) is 0 Å². The van der Waals surface area contributed by atoms with E-state index < -0.39 is 6.04 Å². The lowest BCUT2D eigenvalue weighted by Crippen LogP contribution is -2.51. The fourth-order valence-electron chi connectivity index (χ4n) is 3.98. The Labute approximate surface area is 209 Å². The maximum Gasteiger partial charge on any atom is 0.261 e. The van der Waals surface area contributed by atoms with Crippen LogP contribution >= 0.6 is 0 Å². The molecule has 0 heterocycles. The van der Waals surface area contributed by atoms with Crippen LogP contribution in [0.5, 0.6) is 5.75 Å². The van der Waals surface area contributed by atoms with Crippen molar-refractivity contribution < 1.29 is 14.3 Å². The number of carbonyl (C=O) groups is 2. The summed E-state index contributed by atoms with van der Waals surface area (Å²) >= 11 is 0. The summed E-state index contributed by atoms with van der Waals surface area (Å²) in [6.45, 7) is 6.89. The summed E-state index contributed by atoms with van der Waals surface area (Å²) in [6, 6.07) is 25.0. The third kappa shape index (κ3) is 7.99. The van der Waals surface area contributed by atoms with Gasteiger partial charge in [-0.05, 0) is 48.6 Å². The molecule has 184 valence electrons. The van der Waals surface area contributed by atoms with Gasteiger partial charge in [-0.25, -0.2) is 0 Å². The molecule has 0 aliphatic carbocycles. The van der Waals surface area contributed by atoms with Crippen LogP contribution in [0.1, 0.15) is 42.5 Å². The van der Waals surface area contributed by atoms with Gasteiger partial charge in [0, 0.05) is 19.5 Å². The van der Waals surface area contributed by atoms with E-state index in [4.69, 9.17) is 4.74 Å². The van der Waals surface area contributed by atoms with Gasteiger partial charge in [0.05, 0.1) is 0 Å². The van der Waals surface area contributed by atoms with Crippen LogP contribution in [0.2, 0.25) is 0 Å². The predicted molar refractivity (Wildman–Crippen MR) is 140 cm³/mol. The highest BCUT2D eigenvalue weighted by Crippen LogP contribution is 2.17. The number of hydrogen-bond donors (Lipinski definition) is 1. The second-order valence-corrected chi connectivity index (χ2v) is 8.79. The maximum absolute atomic E-state index is 13.6. The molecule has 0 aliphatic rings. The van der Waals surface area contributed by atoms with Crippen molar-refractivity contribution >= 4 is 11.8 Å². The largest absolute Gasteiger partial charge is 0.484 e. The molecule has 0 bridgehead atoms. The number of aryl methyl sites for hydroxylation is 2. The van der Waals surface area contributed by atoms with E-state index in [9.17, 15) is 9.59 Å². The van der Waals surface area contributed by atoms with E-state index in [-0.39, 0.29) is 18.4 Å². The van der Waals surface area contributed by atoms with Gasteiger partial charge in [0.1, 0.15) is 11.8 Å². The second kappa shape index (κ2) is 13.3. The van der Waals surface area contributed by atoms with E-state index in [1.54, 1.807) is 4.90 Å². The Morgan fingerprint density at radius 2 is 1.60 bits per heavy atom. The monoisotopic (exact) mass is 472 g/mol. The maximum atomic E-state index is 13.6. The minimum Gasteiger partial charge on any atom is -0.484 e. The topological polar surface area (TPSA) is 58.6 Å². The summed E-state index contributed by atoms with van der Waals surface area (Å²) in [5.74, 6) is 0.267. The van der Waals surface area contributed by atoms with E-state index >= 15 is 0 Å². The zero-order valence-corrected chi connectivity index (χ0v) is 21.0. The number of hydrogen-bond acceptors (Lipinski definition) is 3. The average molecular weight is 473 g/mol. The summed E-state index contributed by atoms with van der Waals surface area (Å²) in [6.07, 6.45) is 2.20. The number of rotatable bonds is 12. The molecule has 0 unspecified atom stereocenters. The Kier molecular flexibility index (Phi) is 9.91. The third-order valence-corrected chi connectivity index (χ3v) is 5.95. The first-order valence-corrected chi connectivity index (χ1v) is 12.4. The van der Waals surface area contributed by atoms with E-state index in [2.05, 4.69) is 12.2 Å². The van der Waals surface area contributed by atoms with Gasteiger partial charge in [-0.3, -0.25) is 9.59 Å². The van der Waals surface area contributed by atoms with E-state index in [0.29, 0.717) is 25.3 Å². The molecule has 5 heteroatoms. The fourth-order valence-corrected chi connectivity index (χ4v) is 3.98. The van der Waals surface area contributed by atoms with Crippen LogP contribution in [0.4, 0.5) is 0 Å². The van der Waals surface area contributed by atoms with Crippen LogP contribution in [-0.2, 0) is 29.0 Å². The average Bonchev–Trinajstić information content (AvgIpc) is 2.88. The number of nitrogens with one attached hydrogen (secondary N) is 1. The smallest absolute Gasteiger partial charge is 0.261 e. The molecule has 0 saturated carbocycles. The van der Waals surface area contributed by atoms with Crippen LogP contribution in [0, 0.1) is 6.92 Å². The van der Waals surface area contributed by atoms with Crippen LogP contribution in [0.25, 0.3) is 0 Å². The molecule has 0 radical (unpaired) electrons. The predicted octanol–water partition coefficient (Wildman–Crippen LogP) is 5.10. The number of amides is 2. The summed E-state index contributed by atoms with van der Waals surface area (Å²) < 4.78 is 5.85. The second-order valence-electron chi connectivity index (χ2n) is 8.79. The van der Waals surface area contributed by atoms with Crippen LogP contribution in [-0.4, -0.2) is 35.9 Å². The van der Waals surface area contributed by atoms with Crippen LogP contribution in [0.3, 0.4) is 0 Å². The van der Waals surface area contributed by atoms with Crippen molar-refractivity contribution in [3.63, 3.8) is 0 Å². The SMILES string of the molecule is CCCNC(=O)[C@@H](Cc1ccccc1)N(Cc1cccc(C)c1)C(=O)COc1ccc(CC)cc1. The molecule has 1 atom stereocenters. The number of ether oxygens (including phenoxy) is 1. The Bertz CT molecular complexity index is 1080. The molecule has 0 spiro atoms. The Balaban J connectivity index is 1.87. The van der Waals surface area contributed by atoms with Crippen molar-refractivity contribution in [2.24, 2.45) is 0 Å². The minimum absolute atomic E-state index is 0.135. The molecule has 5 nitrogen and oxygen atoms in total. The third-order valence-electron chi connectivity index (χ3n) is 5.95. The van der Waals surface area contributed by atoms with Gasteiger partial charge in [0.15, 0.2) is 6.61 Å². The summed E-state index contributed by atoms with van der Waals surface area (Å²) in [7, 11) is 0. The summed E-state index contributed by atoms with van der Waals surface area (Å²) in [5, 5.41) is 3.00. The normalized spacial score (nSPS) is 11.5. The molecule has 3 aromatic carbocycles. The zero-order valence-electron chi connectivity index (χ0n) is 21.0. The first kappa shape index (κ1) is 26.0. The zero-order chi connectivity index (χ0) is 25.0. The van der Waals surface area contributed by atoms with E-state index in [1.165, 1.54) is 5.56 Å². The Hall–Kier alpha value is -3.60. The quantitative estimate of drug-likeness (QED) is 0.399. The highest BCUT2D eigenvalue weighted by Gasteiger charge is 2.30. The van der Waals surface area contributed by atoms with Crippen molar-refractivity contribution in [2.45, 2.75) is 52.6 Å². The summed E-state index contributed by atoms with van der Waals surface area (Å²) in [4.78, 5) is 28.5. The van der Waals surface area contributed by atoms with Crippen molar-refractivity contribution in [1.29, 1.82) is 0 Å². The fraction of sp³-hybridized carbons (Fsp3) is 0.333. The first-order valence-electron chi connectivity index (χ1n) is 12.4. The van der Waals surface area contributed by atoms with Crippen molar-refractivity contribution in [1.82, 2.24) is 10.2 Å². The molecule has 0 saturated heterocycles. The number of carbonyl (C=O) groups excluding carboxylic acids is 2. The molecular weight excluding hydrogens is 436 g/mol. The van der Waals surface area contributed by atoms with Crippen molar-refractivity contribution in [2.75, 3.05) is 13.2 Å². The van der Waals surface area contributed by atoms with Gasteiger partial charge in [-0.1, -0.05) is 86.1 Å². The lowest BCUT2D eigenvalue weighted by Gasteiger charge is -2.31. The van der Waals surface area contributed by atoms with Gasteiger partial charge in [-0.15, -0.1) is 0 Å². The molecule has 0 fully saturated rings. The van der Waals surface area contributed by atoms with Gasteiger partial charge < -0.3 is 15.0 Å². The first-order chi connectivity index (χ1) is 17.0. The van der Waals surface area contributed by atoms with Crippen LogP contribution < -0.4 is 10.1 Å². The molecule has 0 aliphatic heterocycles. The number of nitrogens with zero attached hydrogens (tertiary/aromatic N) is 1. The molecular formula is C30H36N2O3. The molecule has 3 aromatic rings. The highest BCUT2D eigenvalue weighted by atomic mass is 16.5.